The van der Waals surface area contributed by atoms with Crippen molar-refractivity contribution >= 4 is 5.95 Å². The number of hydrogen-bond acceptors (Lipinski definition) is 4. The van der Waals surface area contributed by atoms with Crippen LogP contribution in [0.4, 0.5) is 19.1 Å². The van der Waals surface area contributed by atoms with E-state index in [2.05, 4.69) is 20.2 Å². The molecule has 128 valence electrons. The van der Waals surface area contributed by atoms with Crippen molar-refractivity contribution in [3.8, 4) is 0 Å². The van der Waals surface area contributed by atoms with Crippen LogP contribution in [0.3, 0.4) is 0 Å². The molecule has 1 saturated carbocycles. The van der Waals surface area contributed by atoms with E-state index in [1.54, 1.807) is 0 Å². The Labute approximate surface area is 134 Å². The Hall–Kier alpha value is -1.37. The molecule has 0 bridgehead atoms. The summed E-state index contributed by atoms with van der Waals surface area (Å²) in [5.41, 5.74) is -0.894. The van der Waals surface area contributed by atoms with E-state index in [0.29, 0.717) is 6.04 Å². The number of aromatic nitrogens is 2. The van der Waals surface area contributed by atoms with E-state index >= 15 is 0 Å². The van der Waals surface area contributed by atoms with Crippen molar-refractivity contribution in [2.45, 2.75) is 63.2 Å². The van der Waals surface area contributed by atoms with Crippen molar-refractivity contribution in [2.24, 2.45) is 0 Å². The van der Waals surface area contributed by atoms with Gasteiger partial charge in [0.05, 0.1) is 0 Å². The molecule has 1 saturated heterocycles. The van der Waals surface area contributed by atoms with Crippen molar-refractivity contribution < 1.29 is 13.2 Å². The summed E-state index contributed by atoms with van der Waals surface area (Å²) in [5, 5.41) is 3.10. The standard InChI is InChI=1S/C16H23F3N4/c17-16(18,19)14-8-9-20-15(22-14)21-12-5-4-10-23(11-12)13-6-2-1-3-7-13/h8-9,12-13H,1-7,10-11H2,(H,20,21,22). The summed E-state index contributed by atoms with van der Waals surface area (Å²) in [5.74, 6) is 0.0790. The van der Waals surface area contributed by atoms with E-state index in [-0.39, 0.29) is 12.0 Å². The minimum atomic E-state index is -4.43. The summed E-state index contributed by atoms with van der Waals surface area (Å²) in [6.07, 6.45) is 5.13. The fourth-order valence-electron chi connectivity index (χ4n) is 3.67. The van der Waals surface area contributed by atoms with Gasteiger partial charge in [0.25, 0.3) is 0 Å². The molecule has 1 unspecified atom stereocenters. The maximum absolute atomic E-state index is 12.7. The van der Waals surface area contributed by atoms with Gasteiger partial charge in [-0.15, -0.1) is 0 Å². The van der Waals surface area contributed by atoms with Crippen LogP contribution in [0, 0.1) is 0 Å². The highest BCUT2D eigenvalue weighted by Gasteiger charge is 2.33. The second-order valence-electron chi connectivity index (χ2n) is 6.53. The number of nitrogens with one attached hydrogen (secondary N) is 1. The molecule has 1 N–H and O–H groups in total. The number of rotatable bonds is 3. The highest BCUT2D eigenvalue weighted by atomic mass is 19.4. The molecule has 3 rings (SSSR count). The molecule has 2 fully saturated rings. The number of nitrogens with zero attached hydrogens (tertiary/aromatic N) is 3. The Morgan fingerprint density at radius 3 is 2.61 bits per heavy atom. The van der Waals surface area contributed by atoms with Crippen molar-refractivity contribution in [1.82, 2.24) is 14.9 Å². The van der Waals surface area contributed by atoms with Gasteiger partial charge in [-0.25, -0.2) is 9.97 Å². The van der Waals surface area contributed by atoms with Crippen LogP contribution >= 0.6 is 0 Å². The molecule has 7 heteroatoms. The summed E-state index contributed by atoms with van der Waals surface area (Å²) in [7, 11) is 0. The molecule has 2 heterocycles. The first-order valence-corrected chi connectivity index (χ1v) is 8.43. The third-order valence-electron chi connectivity index (χ3n) is 4.82. The third kappa shape index (κ3) is 4.34. The van der Waals surface area contributed by atoms with Gasteiger partial charge in [-0.05, 0) is 38.3 Å². The Morgan fingerprint density at radius 1 is 1.09 bits per heavy atom. The first kappa shape index (κ1) is 16.5. The largest absolute Gasteiger partial charge is 0.433 e. The Morgan fingerprint density at radius 2 is 1.87 bits per heavy atom. The van der Waals surface area contributed by atoms with E-state index in [9.17, 15) is 13.2 Å². The lowest BCUT2D eigenvalue weighted by molar-refractivity contribution is -0.141. The Bertz CT molecular complexity index is 514. The number of alkyl halides is 3. The van der Waals surface area contributed by atoms with Crippen LogP contribution < -0.4 is 5.32 Å². The van der Waals surface area contributed by atoms with Crippen molar-refractivity contribution in [3.05, 3.63) is 18.0 Å². The smallest absolute Gasteiger partial charge is 0.350 e. The fourth-order valence-corrected chi connectivity index (χ4v) is 3.67. The Balaban J connectivity index is 1.61. The maximum atomic E-state index is 12.7. The van der Waals surface area contributed by atoms with E-state index < -0.39 is 11.9 Å². The van der Waals surface area contributed by atoms with E-state index in [4.69, 9.17) is 0 Å². The molecular formula is C16H23F3N4. The zero-order valence-corrected chi connectivity index (χ0v) is 13.1. The van der Waals surface area contributed by atoms with E-state index in [1.165, 1.54) is 38.3 Å². The Kier molecular flexibility index (Phi) is 5.04. The molecule has 1 aliphatic heterocycles. The lowest BCUT2D eigenvalue weighted by Gasteiger charge is -2.40. The van der Waals surface area contributed by atoms with Crippen LogP contribution in [-0.2, 0) is 6.18 Å². The maximum Gasteiger partial charge on any atom is 0.433 e. The second kappa shape index (κ2) is 7.03. The monoisotopic (exact) mass is 328 g/mol. The average Bonchev–Trinajstić information content (AvgIpc) is 2.55. The molecule has 1 aliphatic carbocycles. The second-order valence-corrected chi connectivity index (χ2v) is 6.53. The molecular weight excluding hydrogens is 305 g/mol. The van der Waals surface area contributed by atoms with Crippen LogP contribution in [0.25, 0.3) is 0 Å². The predicted molar refractivity (Wildman–Crippen MR) is 82.1 cm³/mol. The molecule has 1 aromatic heterocycles. The highest BCUT2D eigenvalue weighted by molar-refractivity contribution is 5.28. The number of anilines is 1. The highest BCUT2D eigenvalue weighted by Crippen LogP contribution is 2.28. The molecule has 1 aromatic rings. The van der Waals surface area contributed by atoms with Gasteiger partial charge in [-0.3, -0.25) is 4.90 Å². The number of piperidine rings is 1. The van der Waals surface area contributed by atoms with E-state index in [0.717, 1.165) is 32.0 Å². The lowest BCUT2D eigenvalue weighted by Crippen LogP contribution is -2.47. The van der Waals surface area contributed by atoms with Gasteiger partial charge >= 0.3 is 6.18 Å². The van der Waals surface area contributed by atoms with Crippen LogP contribution in [0.15, 0.2) is 12.3 Å². The van der Waals surface area contributed by atoms with E-state index in [1.807, 2.05) is 0 Å². The minimum absolute atomic E-state index is 0.0790. The normalized spacial score (nSPS) is 24.6. The van der Waals surface area contributed by atoms with Crippen molar-refractivity contribution in [2.75, 3.05) is 18.4 Å². The van der Waals surface area contributed by atoms with Crippen LogP contribution in [0.1, 0.15) is 50.6 Å². The molecule has 2 aliphatic rings. The van der Waals surface area contributed by atoms with Crippen molar-refractivity contribution in [1.29, 1.82) is 0 Å². The first-order valence-electron chi connectivity index (χ1n) is 8.43. The van der Waals surface area contributed by atoms with Gasteiger partial charge < -0.3 is 5.32 Å². The summed E-state index contributed by atoms with van der Waals surface area (Å²) < 4.78 is 38.2. The quantitative estimate of drug-likeness (QED) is 0.918. The van der Waals surface area contributed by atoms with Crippen LogP contribution in [-0.4, -0.2) is 40.0 Å². The fraction of sp³-hybridized carbons (Fsp3) is 0.750. The van der Waals surface area contributed by atoms with Crippen molar-refractivity contribution in [3.63, 3.8) is 0 Å². The predicted octanol–water partition coefficient (Wildman–Crippen LogP) is 3.70. The van der Waals surface area contributed by atoms with Gasteiger partial charge in [0, 0.05) is 24.8 Å². The third-order valence-corrected chi connectivity index (χ3v) is 4.82. The SMILES string of the molecule is FC(F)(F)c1ccnc(NC2CCCN(C3CCCCC3)C2)n1. The number of likely N-dealkylation sites (tertiary alicyclic amines) is 1. The van der Waals surface area contributed by atoms with Gasteiger partial charge in [-0.2, -0.15) is 13.2 Å². The topological polar surface area (TPSA) is 41.1 Å². The van der Waals surface area contributed by atoms with Crippen LogP contribution in [0.2, 0.25) is 0 Å². The van der Waals surface area contributed by atoms with Gasteiger partial charge in [0.1, 0.15) is 5.69 Å². The summed E-state index contributed by atoms with van der Waals surface area (Å²) in [6, 6.07) is 1.66. The van der Waals surface area contributed by atoms with Gasteiger partial charge in [0.2, 0.25) is 5.95 Å². The molecule has 23 heavy (non-hydrogen) atoms. The number of hydrogen-bond donors (Lipinski definition) is 1. The van der Waals surface area contributed by atoms with Gasteiger partial charge in [0.15, 0.2) is 0 Å². The zero-order chi connectivity index (χ0) is 16.3. The number of halogens is 3. The molecule has 0 aromatic carbocycles. The molecule has 0 spiro atoms. The first-order chi connectivity index (χ1) is 11.0. The summed E-state index contributed by atoms with van der Waals surface area (Å²) >= 11 is 0. The summed E-state index contributed by atoms with van der Waals surface area (Å²) in [6.45, 7) is 1.95. The molecule has 0 radical (unpaired) electrons. The van der Waals surface area contributed by atoms with Crippen LogP contribution in [0.5, 0.6) is 0 Å². The summed E-state index contributed by atoms with van der Waals surface area (Å²) in [4.78, 5) is 10.0. The lowest BCUT2D eigenvalue weighted by atomic mass is 9.92. The van der Waals surface area contributed by atoms with Gasteiger partial charge in [-0.1, -0.05) is 19.3 Å². The molecule has 4 nitrogen and oxygen atoms in total. The molecule has 1 atom stereocenters. The molecule has 0 amide bonds. The minimum Gasteiger partial charge on any atom is -0.350 e. The average molecular weight is 328 g/mol. The zero-order valence-electron chi connectivity index (χ0n) is 13.1.